The molecule has 0 aliphatic carbocycles. The van der Waals surface area contributed by atoms with Crippen molar-refractivity contribution in [2.45, 2.75) is 19.4 Å². The fraction of sp³-hybridized carbons (Fsp3) is 0.500. The van der Waals surface area contributed by atoms with Crippen molar-refractivity contribution in [3.05, 3.63) is 38.0 Å². The number of rotatable bonds is 8. The molecule has 0 saturated carbocycles. The average Bonchev–Trinajstić information content (AvgIpc) is 3.20. The first-order chi connectivity index (χ1) is 14.4. The summed E-state index contributed by atoms with van der Waals surface area (Å²) in [6, 6.07) is 0. The molecule has 0 spiro atoms. The molecule has 162 valence electrons. The molecule has 3 rings (SSSR count). The summed E-state index contributed by atoms with van der Waals surface area (Å²) in [6.07, 6.45) is 3.05. The third-order valence-electron chi connectivity index (χ3n) is 4.94. The zero-order valence-corrected chi connectivity index (χ0v) is 17.4. The van der Waals surface area contributed by atoms with E-state index in [-0.39, 0.29) is 42.9 Å². The van der Waals surface area contributed by atoms with Gasteiger partial charge in [-0.25, -0.2) is 9.78 Å². The summed E-state index contributed by atoms with van der Waals surface area (Å²) in [6.45, 7) is 1.24. The van der Waals surface area contributed by atoms with Crippen LogP contribution in [-0.4, -0.2) is 64.5 Å². The van der Waals surface area contributed by atoms with E-state index in [2.05, 4.69) is 15.3 Å². The van der Waals surface area contributed by atoms with Crippen LogP contribution in [0.4, 0.5) is 10.9 Å². The van der Waals surface area contributed by atoms with E-state index in [1.165, 1.54) is 18.4 Å². The highest BCUT2D eigenvalue weighted by Gasteiger charge is 2.29. The van der Waals surface area contributed by atoms with E-state index in [4.69, 9.17) is 10.5 Å². The summed E-state index contributed by atoms with van der Waals surface area (Å²) in [5.41, 5.74) is 4.21. The van der Waals surface area contributed by atoms with Crippen molar-refractivity contribution in [1.82, 2.24) is 19.4 Å². The number of thiazole rings is 1. The lowest BCUT2D eigenvalue weighted by Crippen LogP contribution is -2.44. The Morgan fingerprint density at radius 3 is 2.93 bits per heavy atom. The largest absolute Gasteiger partial charge is 0.384 e. The van der Waals surface area contributed by atoms with Crippen molar-refractivity contribution >= 4 is 34.0 Å². The number of nitrogen functional groups attached to an aromatic ring is 1. The maximum Gasteiger partial charge on any atom is 0.330 e. The average molecular weight is 436 g/mol. The maximum absolute atomic E-state index is 12.8. The number of aromatic nitrogens is 3. The Morgan fingerprint density at radius 2 is 2.23 bits per heavy atom. The number of anilines is 2. The van der Waals surface area contributed by atoms with Crippen molar-refractivity contribution in [2.75, 3.05) is 44.4 Å². The van der Waals surface area contributed by atoms with Gasteiger partial charge in [0.25, 0.3) is 5.56 Å². The Labute approximate surface area is 175 Å². The number of carbonyl (C=O) groups excluding carboxylic acids is 2. The molecule has 1 unspecified atom stereocenters. The summed E-state index contributed by atoms with van der Waals surface area (Å²) >= 11 is 1.34. The molecule has 1 aliphatic heterocycles. The number of amides is 1. The standard InChI is InChI=1S/C18H24N6O5S/c1-29-7-6-24-14(19)13(16(27)22-18(24)28)12(25)10-23-5-2-3-11(9-23)15(26)21-17-20-4-8-30-17/h4,8,11H,2-3,5-7,9-10,19H2,1H3,(H,20,21,26)(H,22,27,28). The Balaban J connectivity index is 1.70. The zero-order valence-electron chi connectivity index (χ0n) is 16.6. The Kier molecular flexibility index (Phi) is 7.13. The predicted octanol–water partition coefficient (Wildman–Crippen LogP) is -0.245. The van der Waals surface area contributed by atoms with E-state index in [1.54, 1.807) is 11.6 Å². The summed E-state index contributed by atoms with van der Waals surface area (Å²) < 4.78 is 6.05. The second-order valence-electron chi connectivity index (χ2n) is 6.99. The van der Waals surface area contributed by atoms with Gasteiger partial charge in [-0.1, -0.05) is 0 Å². The SMILES string of the molecule is COCCn1c(N)c(C(=O)CN2CCCC(C(=O)Nc3nccs3)C2)c(=O)[nH]c1=O. The first-order valence-electron chi connectivity index (χ1n) is 9.48. The molecule has 1 amide bonds. The molecule has 30 heavy (non-hydrogen) atoms. The van der Waals surface area contributed by atoms with Crippen LogP contribution in [-0.2, 0) is 16.1 Å². The second kappa shape index (κ2) is 9.78. The van der Waals surface area contributed by atoms with E-state index in [1.807, 2.05) is 4.90 Å². The van der Waals surface area contributed by atoms with Crippen LogP contribution in [0.2, 0.25) is 0 Å². The molecule has 2 aromatic rings. The normalized spacial score (nSPS) is 17.0. The maximum atomic E-state index is 12.8. The molecule has 11 nitrogen and oxygen atoms in total. The van der Waals surface area contributed by atoms with Gasteiger partial charge in [0.1, 0.15) is 11.4 Å². The van der Waals surface area contributed by atoms with Gasteiger partial charge in [0.05, 0.1) is 25.6 Å². The van der Waals surface area contributed by atoms with E-state index in [0.717, 1.165) is 11.0 Å². The van der Waals surface area contributed by atoms with E-state index < -0.39 is 17.0 Å². The van der Waals surface area contributed by atoms with Gasteiger partial charge in [-0.05, 0) is 19.4 Å². The minimum Gasteiger partial charge on any atom is -0.384 e. The molecule has 1 fully saturated rings. The number of ether oxygens (including phenoxy) is 1. The quantitative estimate of drug-likeness (QED) is 0.479. The molecule has 0 bridgehead atoms. The van der Waals surface area contributed by atoms with E-state index in [9.17, 15) is 19.2 Å². The number of nitrogens with zero attached hydrogens (tertiary/aromatic N) is 3. The van der Waals surface area contributed by atoms with Crippen LogP contribution in [0, 0.1) is 5.92 Å². The van der Waals surface area contributed by atoms with Gasteiger partial charge in [0.2, 0.25) is 5.91 Å². The topological polar surface area (TPSA) is 152 Å². The molecule has 4 N–H and O–H groups in total. The first kappa shape index (κ1) is 21.9. The van der Waals surface area contributed by atoms with Crippen LogP contribution >= 0.6 is 11.3 Å². The molecular weight excluding hydrogens is 412 g/mol. The molecule has 12 heteroatoms. The Hall–Kier alpha value is -2.83. The van der Waals surface area contributed by atoms with Crippen LogP contribution in [0.5, 0.6) is 0 Å². The minimum absolute atomic E-state index is 0.0726. The number of likely N-dealkylation sites (tertiary alicyclic amines) is 1. The number of hydrogen-bond acceptors (Lipinski definition) is 9. The summed E-state index contributed by atoms with van der Waals surface area (Å²) in [7, 11) is 1.47. The highest BCUT2D eigenvalue weighted by atomic mass is 32.1. The fourth-order valence-electron chi connectivity index (χ4n) is 3.45. The lowest BCUT2D eigenvalue weighted by Gasteiger charge is -2.31. The van der Waals surface area contributed by atoms with Gasteiger partial charge < -0.3 is 15.8 Å². The molecule has 0 aromatic carbocycles. The number of hydrogen-bond donors (Lipinski definition) is 3. The summed E-state index contributed by atoms with van der Waals surface area (Å²) in [5.74, 6) is -1.11. The first-order valence-corrected chi connectivity index (χ1v) is 10.4. The molecule has 2 aromatic heterocycles. The number of carbonyl (C=O) groups is 2. The van der Waals surface area contributed by atoms with Crippen molar-refractivity contribution < 1.29 is 14.3 Å². The molecular formula is C18H24N6O5S. The Morgan fingerprint density at radius 1 is 1.43 bits per heavy atom. The van der Waals surface area contributed by atoms with Crippen LogP contribution < -0.4 is 22.3 Å². The number of aromatic amines is 1. The number of methoxy groups -OCH3 is 1. The van der Waals surface area contributed by atoms with Crippen molar-refractivity contribution in [3.63, 3.8) is 0 Å². The lowest BCUT2D eigenvalue weighted by atomic mass is 9.96. The van der Waals surface area contributed by atoms with Gasteiger partial charge in [-0.2, -0.15) is 0 Å². The third-order valence-corrected chi connectivity index (χ3v) is 5.63. The van der Waals surface area contributed by atoms with Crippen molar-refractivity contribution in [1.29, 1.82) is 0 Å². The van der Waals surface area contributed by atoms with Crippen LogP contribution in [0.25, 0.3) is 0 Å². The number of nitrogens with two attached hydrogens (primary N) is 1. The fourth-order valence-corrected chi connectivity index (χ4v) is 3.98. The third kappa shape index (κ3) is 5.01. The molecule has 1 saturated heterocycles. The number of piperidine rings is 1. The highest BCUT2D eigenvalue weighted by molar-refractivity contribution is 7.13. The summed E-state index contributed by atoms with van der Waals surface area (Å²) in [5, 5.41) is 5.09. The highest BCUT2D eigenvalue weighted by Crippen LogP contribution is 2.20. The lowest BCUT2D eigenvalue weighted by molar-refractivity contribution is -0.121. The summed E-state index contributed by atoms with van der Waals surface area (Å²) in [4.78, 5) is 57.5. The van der Waals surface area contributed by atoms with Crippen LogP contribution in [0.1, 0.15) is 23.2 Å². The number of nitrogens with one attached hydrogen (secondary N) is 2. The monoisotopic (exact) mass is 436 g/mol. The molecule has 1 atom stereocenters. The van der Waals surface area contributed by atoms with Gasteiger partial charge >= 0.3 is 5.69 Å². The number of ketones is 1. The molecule has 0 radical (unpaired) electrons. The second-order valence-corrected chi connectivity index (χ2v) is 7.88. The van der Waals surface area contributed by atoms with Gasteiger partial charge in [0, 0.05) is 25.2 Å². The number of H-pyrrole nitrogens is 1. The molecule has 1 aliphatic rings. The van der Waals surface area contributed by atoms with E-state index >= 15 is 0 Å². The van der Waals surface area contributed by atoms with Gasteiger partial charge in [-0.3, -0.25) is 28.8 Å². The van der Waals surface area contributed by atoms with Crippen LogP contribution in [0.3, 0.4) is 0 Å². The van der Waals surface area contributed by atoms with Gasteiger partial charge in [-0.15, -0.1) is 11.3 Å². The predicted molar refractivity (Wildman–Crippen MR) is 112 cm³/mol. The molecule has 3 heterocycles. The van der Waals surface area contributed by atoms with Crippen molar-refractivity contribution in [3.8, 4) is 0 Å². The van der Waals surface area contributed by atoms with Crippen molar-refractivity contribution in [2.24, 2.45) is 5.92 Å². The zero-order chi connectivity index (χ0) is 21.7. The van der Waals surface area contributed by atoms with E-state index in [0.29, 0.717) is 24.6 Å². The minimum atomic E-state index is -0.814. The van der Waals surface area contributed by atoms with Crippen LogP contribution in [0.15, 0.2) is 21.2 Å². The number of Topliss-reactive ketones (excluding diaryl/α,β-unsaturated/α-hetero) is 1. The smallest absolute Gasteiger partial charge is 0.330 e. The Bertz CT molecular complexity index is 1020. The van der Waals surface area contributed by atoms with Gasteiger partial charge in [0.15, 0.2) is 10.9 Å².